The van der Waals surface area contributed by atoms with E-state index in [2.05, 4.69) is 28.5 Å². The molecule has 0 saturated carbocycles. The van der Waals surface area contributed by atoms with E-state index in [4.69, 9.17) is 5.11 Å². The highest BCUT2D eigenvalue weighted by atomic mass is 19.3. The maximum atomic E-state index is 12.2. The molecule has 1 aromatic carbocycles. The van der Waals surface area contributed by atoms with Gasteiger partial charge >= 0.3 is 6.61 Å². The topological polar surface area (TPSA) is 35.9 Å². The van der Waals surface area contributed by atoms with Gasteiger partial charge in [-0.05, 0) is 50.9 Å². The summed E-state index contributed by atoms with van der Waals surface area (Å²) in [5, 5.41) is 8.94. The van der Waals surface area contributed by atoms with Crippen LogP contribution in [0.2, 0.25) is 0 Å². The Balaban J connectivity index is 1.84. The summed E-state index contributed by atoms with van der Waals surface area (Å²) >= 11 is 0. The SMILES string of the molecule is CC(c1ccc(OC(F)F)cc1)N1CCC(N(C)CCCO)CC1. The molecule has 0 amide bonds. The molecule has 4 nitrogen and oxygen atoms in total. The second kappa shape index (κ2) is 9.30. The lowest BCUT2D eigenvalue weighted by Crippen LogP contribution is -2.44. The standard InChI is InChI=1S/C18H28F2N2O2/c1-14(15-4-6-17(7-5-15)24-18(19)20)22-11-8-16(9-12-22)21(2)10-3-13-23/h4-7,14,16,18,23H,3,8-13H2,1-2H3. The first kappa shape index (κ1) is 19.1. The molecule has 1 aliphatic rings. The van der Waals surface area contributed by atoms with Crippen molar-refractivity contribution in [3.05, 3.63) is 29.8 Å². The van der Waals surface area contributed by atoms with Gasteiger partial charge in [-0.25, -0.2) is 0 Å². The van der Waals surface area contributed by atoms with Crippen molar-refractivity contribution in [1.82, 2.24) is 9.80 Å². The Hall–Kier alpha value is -1.24. The Morgan fingerprint density at radius 3 is 2.42 bits per heavy atom. The van der Waals surface area contributed by atoms with E-state index in [1.54, 1.807) is 12.1 Å². The number of nitrogens with zero attached hydrogens (tertiary/aromatic N) is 2. The predicted molar refractivity (Wildman–Crippen MR) is 90.4 cm³/mol. The van der Waals surface area contributed by atoms with Crippen LogP contribution in [0.3, 0.4) is 0 Å². The molecule has 1 atom stereocenters. The van der Waals surface area contributed by atoms with E-state index in [1.165, 1.54) is 0 Å². The summed E-state index contributed by atoms with van der Waals surface area (Å²) < 4.78 is 28.8. The van der Waals surface area contributed by atoms with Crippen LogP contribution in [-0.4, -0.2) is 60.8 Å². The Kier molecular flexibility index (Phi) is 7.40. The molecule has 1 saturated heterocycles. The van der Waals surface area contributed by atoms with Crippen LogP contribution in [0.25, 0.3) is 0 Å². The van der Waals surface area contributed by atoms with Gasteiger partial charge in [0.25, 0.3) is 0 Å². The van der Waals surface area contributed by atoms with Crippen LogP contribution in [0.15, 0.2) is 24.3 Å². The Labute approximate surface area is 143 Å². The first-order valence-corrected chi connectivity index (χ1v) is 8.61. The maximum Gasteiger partial charge on any atom is 0.387 e. The van der Waals surface area contributed by atoms with Crippen molar-refractivity contribution in [2.45, 2.75) is 44.9 Å². The van der Waals surface area contributed by atoms with Gasteiger partial charge in [0.15, 0.2) is 0 Å². The van der Waals surface area contributed by atoms with Crippen LogP contribution < -0.4 is 4.74 Å². The number of ether oxygens (including phenoxy) is 1. The number of likely N-dealkylation sites (tertiary alicyclic amines) is 1. The number of aliphatic hydroxyl groups excluding tert-OH is 1. The highest BCUT2D eigenvalue weighted by Gasteiger charge is 2.25. The second-order valence-electron chi connectivity index (χ2n) is 6.45. The lowest BCUT2D eigenvalue weighted by atomic mass is 9.99. The number of hydrogen-bond acceptors (Lipinski definition) is 4. The van der Waals surface area contributed by atoms with Gasteiger partial charge in [-0.2, -0.15) is 8.78 Å². The smallest absolute Gasteiger partial charge is 0.387 e. The third-order valence-electron chi connectivity index (χ3n) is 4.93. The van der Waals surface area contributed by atoms with E-state index in [1.807, 2.05) is 12.1 Å². The van der Waals surface area contributed by atoms with Gasteiger partial charge in [-0.3, -0.25) is 4.90 Å². The molecule has 0 aliphatic carbocycles. The molecule has 6 heteroatoms. The molecule has 0 aromatic heterocycles. The average molecular weight is 342 g/mol. The van der Waals surface area contributed by atoms with E-state index in [-0.39, 0.29) is 18.4 Å². The van der Waals surface area contributed by atoms with Gasteiger partial charge in [-0.15, -0.1) is 0 Å². The van der Waals surface area contributed by atoms with Crippen molar-refractivity contribution in [2.24, 2.45) is 0 Å². The molecule has 2 rings (SSSR count). The van der Waals surface area contributed by atoms with E-state index in [9.17, 15) is 8.78 Å². The molecule has 1 aromatic rings. The number of piperidine rings is 1. The summed E-state index contributed by atoms with van der Waals surface area (Å²) in [7, 11) is 2.13. The van der Waals surface area contributed by atoms with Gasteiger partial charge in [0, 0.05) is 38.3 Å². The normalized spacial score (nSPS) is 18.3. The zero-order chi connectivity index (χ0) is 17.5. The molecule has 1 aliphatic heterocycles. The lowest BCUT2D eigenvalue weighted by Gasteiger charge is -2.39. The molecule has 0 radical (unpaired) electrons. The molecule has 1 fully saturated rings. The van der Waals surface area contributed by atoms with Gasteiger partial charge in [-0.1, -0.05) is 12.1 Å². The van der Waals surface area contributed by atoms with E-state index in [0.717, 1.165) is 44.5 Å². The fourth-order valence-corrected chi connectivity index (χ4v) is 3.36. The quantitative estimate of drug-likeness (QED) is 0.787. The van der Waals surface area contributed by atoms with Gasteiger partial charge in [0.1, 0.15) is 5.75 Å². The highest BCUT2D eigenvalue weighted by molar-refractivity contribution is 5.29. The van der Waals surface area contributed by atoms with Crippen molar-refractivity contribution >= 4 is 0 Å². The van der Waals surface area contributed by atoms with Gasteiger partial charge < -0.3 is 14.7 Å². The lowest BCUT2D eigenvalue weighted by molar-refractivity contribution is -0.0498. The average Bonchev–Trinajstić information content (AvgIpc) is 2.59. The van der Waals surface area contributed by atoms with Crippen LogP contribution in [0.1, 0.15) is 37.8 Å². The Bertz CT molecular complexity index is 476. The second-order valence-corrected chi connectivity index (χ2v) is 6.45. The van der Waals surface area contributed by atoms with E-state index >= 15 is 0 Å². The van der Waals surface area contributed by atoms with Crippen molar-refractivity contribution in [1.29, 1.82) is 0 Å². The van der Waals surface area contributed by atoms with E-state index < -0.39 is 6.61 Å². The first-order valence-electron chi connectivity index (χ1n) is 8.61. The third-order valence-corrected chi connectivity index (χ3v) is 4.93. The molecular weight excluding hydrogens is 314 g/mol. The summed E-state index contributed by atoms with van der Waals surface area (Å²) in [6.07, 6.45) is 3.04. The molecule has 0 bridgehead atoms. The van der Waals surface area contributed by atoms with Crippen molar-refractivity contribution in [2.75, 3.05) is 33.3 Å². The zero-order valence-electron chi connectivity index (χ0n) is 14.5. The minimum absolute atomic E-state index is 0.199. The zero-order valence-corrected chi connectivity index (χ0v) is 14.5. The molecular formula is C18H28F2N2O2. The van der Waals surface area contributed by atoms with Crippen molar-refractivity contribution < 1.29 is 18.6 Å². The van der Waals surface area contributed by atoms with Crippen LogP contribution in [-0.2, 0) is 0 Å². The number of hydrogen-bond donors (Lipinski definition) is 1. The molecule has 0 spiro atoms. The van der Waals surface area contributed by atoms with Gasteiger partial charge in [0.2, 0.25) is 0 Å². The minimum Gasteiger partial charge on any atom is -0.435 e. The summed E-state index contributed by atoms with van der Waals surface area (Å²) in [4.78, 5) is 4.77. The Morgan fingerprint density at radius 1 is 1.25 bits per heavy atom. The number of alkyl halides is 2. The molecule has 1 unspecified atom stereocenters. The van der Waals surface area contributed by atoms with Crippen LogP contribution in [0.5, 0.6) is 5.75 Å². The van der Waals surface area contributed by atoms with Crippen LogP contribution in [0, 0.1) is 0 Å². The number of halogens is 2. The third kappa shape index (κ3) is 5.40. The molecule has 1 N–H and O–H groups in total. The molecule has 1 heterocycles. The van der Waals surface area contributed by atoms with Gasteiger partial charge in [0.05, 0.1) is 0 Å². The van der Waals surface area contributed by atoms with Crippen molar-refractivity contribution in [3.8, 4) is 5.75 Å². The fourth-order valence-electron chi connectivity index (χ4n) is 3.36. The van der Waals surface area contributed by atoms with Crippen LogP contribution in [0.4, 0.5) is 8.78 Å². The van der Waals surface area contributed by atoms with E-state index in [0.29, 0.717) is 6.04 Å². The monoisotopic (exact) mass is 342 g/mol. The molecule has 24 heavy (non-hydrogen) atoms. The maximum absolute atomic E-state index is 12.2. The first-order chi connectivity index (χ1) is 11.5. The number of rotatable bonds is 8. The number of aliphatic hydroxyl groups is 1. The minimum atomic E-state index is -2.78. The summed E-state index contributed by atoms with van der Waals surface area (Å²) in [5.74, 6) is 0.199. The largest absolute Gasteiger partial charge is 0.435 e. The molecule has 136 valence electrons. The highest BCUT2D eigenvalue weighted by Crippen LogP contribution is 2.27. The predicted octanol–water partition coefficient (Wildman–Crippen LogP) is 3.13. The summed E-state index contributed by atoms with van der Waals surface area (Å²) in [6.45, 7) is 2.58. The van der Waals surface area contributed by atoms with Crippen molar-refractivity contribution in [3.63, 3.8) is 0 Å². The fraction of sp³-hybridized carbons (Fsp3) is 0.667. The summed E-state index contributed by atoms with van der Waals surface area (Å²) in [5.41, 5.74) is 1.11. The number of benzene rings is 1. The van der Waals surface area contributed by atoms with Crippen LogP contribution >= 0.6 is 0 Å². The summed E-state index contributed by atoms with van der Waals surface area (Å²) in [6, 6.07) is 7.76. The Morgan fingerprint density at radius 2 is 1.88 bits per heavy atom.